The standard InChI is InChI=1S/C28H27N5O3S/c1-17-15-20(36-19-8-4-3-5-9-19)10-11-21(17)33-22-12-13-29-27-23(22)24(31-28(33)35)25(37-27)26(34)30-18-7-6-14-32(2)16-18/h3-5,8-13,15,18H,6-7,14,16H2,1-2H3,(H,30,34)(H,31,35)/t18-/m1/s1/i3D,4D,5D,8D,9D. The quantitative estimate of drug-likeness (QED) is 0.343. The lowest BCUT2D eigenvalue weighted by Gasteiger charge is -2.31. The van der Waals surface area contributed by atoms with Crippen molar-refractivity contribution in [3.8, 4) is 11.5 Å². The lowest BCUT2D eigenvalue weighted by molar-refractivity contribution is 0.0917. The molecule has 3 amide bonds. The number of thiophene rings is 1. The Morgan fingerprint density at radius 1 is 1.22 bits per heavy atom. The Morgan fingerprint density at radius 2 is 2.05 bits per heavy atom. The Balaban J connectivity index is 1.33. The number of amides is 3. The lowest BCUT2D eigenvalue weighted by atomic mass is 10.1. The number of pyridine rings is 1. The number of carbonyl (C=O) groups excluding carboxylic acids is 2. The van der Waals surface area contributed by atoms with Gasteiger partial charge in [0.25, 0.3) is 5.91 Å². The summed E-state index contributed by atoms with van der Waals surface area (Å²) in [5.74, 6) is -0.276. The fourth-order valence-electron chi connectivity index (χ4n) is 4.87. The molecular weight excluding hydrogens is 486 g/mol. The third-order valence-electron chi connectivity index (χ3n) is 6.52. The number of hydrogen-bond acceptors (Lipinski definition) is 6. The van der Waals surface area contributed by atoms with Crippen molar-refractivity contribution in [2.45, 2.75) is 25.8 Å². The van der Waals surface area contributed by atoms with Crippen LogP contribution in [0.4, 0.5) is 21.9 Å². The van der Waals surface area contributed by atoms with Crippen LogP contribution in [0.2, 0.25) is 0 Å². The highest BCUT2D eigenvalue weighted by Crippen LogP contribution is 2.46. The van der Waals surface area contributed by atoms with Crippen molar-refractivity contribution in [2.75, 3.05) is 30.4 Å². The molecule has 0 saturated carbocycles. The van der Waals surface area contributed by atoms with E-state index >= 15 is 0 Å². The molecule has 4 heterocycles. The number of likely N-dealkylation sites (N-methyl/N-ethyl adjacent to an activating group) is 1. The number of para-hydroxylation sites is 1. The third-order valence-corrected chi connectivity index (χ3v) is 7.61. The van der Waals surface area contributed by atoms with E-state index in [1.807, 2.05) is 7.05 Å². The molecule has 2 N–H and O–H groups in total. The van der Waals surface area contributed by atoms with Crippen molar-refractivity contribution in [3.05, 3.63) is 71.1 Å². The average Bonchev–Trinajstić information content (AvgIpc) is 3.33. The maximum Gasteiger partial charge on any atom is 0.331 e. The molecule has 1 atom stereocenters. The highest BCUT2D eigenvalue weighted by atomic mass is 32.1. The first-order valence-electron chi connectivity index (χ1n) is 14.4. The Bertz CT molecular complexity index is 1750. The molecule has 6 rings (SSSR count). The van der Waals surface area contributed by atoms with Crippen molar-refractivity contribution in [1.29, 1.82) is 0 Å². The first-order valence-corrected chi connectivity index (χ1v) is 12.7. The maximum atomic E-state index is 13.5. The van der Waals surface area contributed by atoms with Gasteiger partial charge >= 0.3 is 6.03 Å². The van der Waals surface area contributed by atoms with Crippen LogP contribution in [0.1, 0.15) is 34.9 Å². The number of nitrogens with one attached hydrogen (secondary N) is 2. The van der Waals surface area contributed by atoms with E-state index in [-0.39, 0.29) is 23.4 Å². The van der Waals surface area contributed by atoms with Gasteiger partial charge in [-0.1, -0.05) is 18.1 Å². The predicted octanol–water partition coefficient (Wildman–Crippen LogP) is 5.90. The SMILES string of the molecule is [2H]c1c([2H])c([2H])c(Oc2ccc(N3C(=O)Nc4c(C(=O)N[C@@H]5CCCN(C)C5)sc5nccc3c45)c(C)c2)c([2H])c1[2H]. The number of piperidine rings is 1. The molecule has 2 aliphatic rings. The number of anilines is 3. The number of aromatic nitrogens is 1. The van der Waals surface area contributed by atoms with Crippen LogP contribution < -0.4 is 20.3 Å². The normalized spacial score (nSPS) is 19.4. The summed E-state index contributed by atoms with van der Waals surface area (Å²) in [6.07, 6.45) is 3.51. The summed E-state index contributed by atoms with van der Waals surface area (Å²) < 4.78 is 45.5. The van der Waals surface area contributed by atoms with Gasteiger partial charge in [0.05, 0.1) is 29.3 Å². The van der Waals surface area contributed by atoms with E-state index < -0.39 is 36.2 Å². The Kier molecular flexibility index (Phi) is 4.70. The fourth-order valence-corrected chi connectivity index (χ4v) is 5.89. The number of carbonyl (C=O) groups is 2. The van der Waals surface area contributed by atoms with Gasteiger partial charge in [-0.3, -0.25) is 9.69 Å². The number of aryl methyl sites for hydroxylation is 1. The second kappa shape index (κ2) is 9.49. The number of likely N-dealkylation sites (tertiary alicyclic amines) is 1. The number of ether oxygens (including phenoxy) is 1. The van der Waals surface area contributed by atoms with Crippen molar-refractivity contribution in [3.63, 3.8) is 0 Å². The van der Waals surface area contributed by atoms with Gasteiger partial charge in [-0.05, 0) is 75.3 Å². The lowest BCUT2D eigenvalue weighted by Crippen LogP contribution is -2.46. The van der Waals surface area contributed by atoms with E-state index in [2.05, 4.69) is 20.5 Å². The molecule has 2 aromatic heterocycles. The van der Waals surface area contributed by atoms with E-state index in [1.165, 1.54) is 16.2 Å². The van der Waals surface area contributed by atoms with Gasteiger partial charge in [0.1, 0.15) is 21.2 Å². The van der Waals surface area contributed by atoms with Gasteiger partial charge < -0.3 is 20.3 Å². The van der Waals surface area contributed by atoms with Crippen LogP contribution in [-0.2, 0) is 0 Å². The van der Waals surface area contributed by atoms with Gasteiger partial charge in [0.2, 0.25) is 0 Å². The number of rotatable bonds is 5. The highest BCUT2D eigenvalue weighted by molar-refractivity contribution is 7.21. The van der Waals surface area contributed by atoms with Crippen LogP contribution >= 0.6 is 11.3 Å². The molecule has 1 saturated heterocycles. The Labute approximate surface area is 225 Å². The smallest absolute Gasteiger partial charge is 0.331 e. The van der Waals surface area contributed by atoms with Gasteiger partial charge in [-0.25, -0.2) is 9.78 Å². The molecule has 9 heteroatoms. The van der Waals surface area contributed by atoms with Crippen molar-refractivity contribution in [2.24, 2.45) is 0 Å². The van der Waals surface area contributed by atoms with E-state index in [1.54, 1.807) is 37.4 Å². The van der Waals surface area contributed by atoms with Gasteiger partial charge in [-0.15, -0.1) is 11.3 Å². The van der Waals surface area contributed by atoms with Crippen molar-refractivity contribution in [1.82, 2.24) is 15.2 Å². The van der Waals surface area contributed by atoms with Gasteiger partial charge in [0, 0.05) is 18.8 Å². The molecule has 1 fully saturated rings. The minimum atomic E-state index is -0.501. The van der Waals surface area contributed by atoms with Crippen LogP contribution in [0.3, 0.4) is 0 Å². The van der Waals surface area contributed by atoms with Crippen LogP contribution in [0.15, 0.2) is 60.7 Å². The van der Waals surface area contributed by atoms with Crippen LogP contribution in [-0.4, -0.2) is 48.0 Å². The molecule has 0 spiro atoms. The van der Waals surface area contributed by atoms with E-state index in [0.717, 1.165) is 25.9 Å². The second-order valence-corrected chi connectivity index (χ2v) is 10.2. The summed E-state index contributed by atoms with van der Waals surface area (Å²) in [6, 6.07) is 3.80. The zero-order chi connectivity index (χ0) is 29.9. The second-order valence-electron chi connectivity index (χ2n) is 9.16. The summed E-state index contributed by atoms with van der Waals surface area (Å²) in [5.41, 5.74) is 2.20. The molecular formula is C28H27N5O3S. The molecule has 8 nitrogen and oxygen atoms in total. The first-order chi connectivity index (χ1) is 20.0. The number of hydrogen-bond donors (Lipinski definition) is 2. The largest absolute Gasteiger partial charge is 0.457 e. The third kappa shape index (κ3) is 4.41. The maximum absolute atomic E-state index is 13.5. The molecule has 37 heavy (non-hydrogen) atoms. The molecule has 2 aliphatic heterocycles. The molecule has 2 aromatic carbocycles. The molecule has 0 radical (unpaired) electrons. The van der Waals surface area contributed by atoms with E-state index in [4.69, 9.17) is 11.6 Å². The van der Waals surface area contributed by atoms with Gasteiger partial charge in [0.15, 0.2) is 0 Å². The predicted molar refractivity (Wildman–Crippen MR) is 146 cm³/mol. The Morgan fingerprint density at radius 3 is 2.84 bits per heavy atom. The van der Waals surface area contributed by atoms with Crippen LogP contribution in [0.5, 0.6) is 11.5 Å². The number of benzene rings is 2. The molecule has 188 valence electrons. The zero-order valence-corrected chi connectivity index (χ0v) is 21.1. The minimum Gasteiger partial charge on any atom is -0.457 e. The van der Waals surface area contributed by atoms with Crippen LogP contribution in [0.25, 0.3) is 10.2 Å². The van der Waals surface area contributed by atoms with Crippen molar-refractivity contribution < 1.29 is 21.2 Å². The monoisotopic (exact) mass is 518 g/mol. The molecule has 4 aromatic rings. The van der Waals surface area contributed by atoms with Crippen molar-refractivity contribution >= 4 is 50.6 Å². The fraction of sp³-hybridized carbons (Fsp3) is 0.250. The summed E-state index contributed by atoms with van der Waals surface area (Å²) in [5, 5.41) is 6.70. The first kappa shape index (κ1) is 18.3. The van der Waals surface area contributed by atoms with E-state index in [0.29, 0.717) is 37.7 Å². The topological polar surface area (TPSA) is 86.8 Å². The number of nitrogens with zero attached hydrogens (tertiary/aromatic N) is 3. The zero-order valence-electron chi connectivity index (χ0n) is 25.3. The summed E-state index contributed by atoms with van der Waals surface area (Å²) in [4.78, 5) is 36.1. The highest BCUT2D eigenvalue weighted by Gasteiger charge is 2.34. The molecule has 0 aliphatic carbocycles. The van der Waals surface area contributed by atoms with Crippen LogP contribution in [0, 0.1) is 6.92 Å². The van der Waals surface area contributed by atoms with Gasteiger partial charge in [-0.2, -0.15) is 0 Å². The summed E-state index contributed by atoms with van der Waals surface area (Å²) in [7, 11) is 2.03. The number of urea groups is 1. The molecule has 0 bridgehead atoms. The minimum absolute atomic E-state index is 0.0304. The van der Waals surface area contributed by atoms with E-state index in [9.17, 15) is 9.59 Å². The Hall–Kier alpha value is -3.95. The summed E-state index contributed by atoms with van der Waals surface area (Å²) in [6.45, 7) is 3.55. The average molecular weight is 519 g/mol. The molecule has 0 unspecified atom stereocenters. The summed E-state index contributed by atoms with van der Waals surface area (Å²) >= 11 is 1.24.